The fraction of sp³-hybridized carbons (Fsp3) is 0.562. The van der Waals surface area contributed by atoms with Crippen LogP contribution in [0.2, 0.25) is 0 Å². The number of aromatic nitrogens is 1. The van der Waals surface area contributed by atoms with Crippen molar-refractivity contribution < 1.29 is 42.8 Å². The van der Waals surface area contributed by atoms with E-state index in [-0.39, 0.29) is 47.8 Å². The van der Waals surface area contributed by atoms with Crippen LogP contribution >= 0.6 is 0 Å². The summed E-state index contributed by atoms with van der Waals surface area (Å²) < 4.78 is 34.5. The summed E-state index contributed by atoms with van der Waals surface area (Å²) in [6, 6.07) is 10.5. The monoisotopic (exact) mass is 598 g/mol. The number of hydrogen-bond donors (Lipinski definition) is 1. The summed E-state index contributed by atoms with van der Waals surface area (Å²) in [5.41, 5.74) is 0.986. The molecule has 2 aromatic rings. The van der Waals surface area contributed by atoms with Crippen LogP contribution in [-0.2, 0) is 35.0 Å². The van der Waals surface area contributed by atoms with E-state index >= 15 is 0 Å². The number of carbonyl (C=O) groups is 3. The summed E-state index contributed by atoms with van der Waals surface area (Å²) in [4.78, 5) is 42.8. The largest absolute Gasteiger partial charge is 0.493 e. The van der Waals surface area contributed by atoms with E-state index in [9.17, 15) is 14.4 Å². The van der Waals surface area contributed by atoms with Gasteiger partial charge in [-0.1, -0.05) is 57.0 Å². The van der Waals surface area contributed by atoms with E-state index < -0.39 is 36.8 Å². The van der Waals surface area contributed by atoms with Crippen LogP contribution in [0.5, 0.6) is 11.5 Å². The van der Waals surface area contributed by atoms with Crippen molar-refractivity contribution in [3.05, 3.63) is 53.9 Å². The molecule has 0 bridgehead atoms. The van der Waals surface area contributed by atoms with Crippen LogP contribution < -0.4 is 14.8 Å². The molecule has 1 aromatic carbocycles. The Hall–Kier alpha value is -3.70. The van der Waals surface area contributed by atoms with E-state index in [0.29, 0.717) is 13.0 Å². The summed E-state index contributed by atoms with van der Waals surface area (Å²) >= 11 is 0. The second kappa shape index (κ2) is 15.7. The van der Waals surface area contributed by atoms with Crippen molar-refractivity contribution in [2.45, 2.75) is 77.2 Å². The Labute approximate surface area is 252 Å². The van der Waals surface area contributed by atoms with Crippen molar-refractivity contribution in [2.75, 3.05) is 27.1 Å². The number of amides is 1. The highest BCUT2D eigenvalue weighted by Crippen LogP contribution is 2.31. The van der Waals surface area contributed by atoms with Gasteiger partial charge in [-0.15, -0.1) is 0 Å². The highest BCUT2D eigenvalue weighted by Gasteiger charge is 2.38. The molecule has 2 aliphatic rings. The molecular weight excluding hydrogens is 556 g/mol. The number of benzene rings is 1. The van der Waals surface area contributed by atoms with Crippen molar-refractivity contribution in [1.29, 1.82) is 0 Å². The van der Waals surface area contributed by atoms with Gasteiger partial charge in [0.2, 0.25) is 6.79 Å². The molecule has 2 fully saturated rings. The lowest BCUT2D eigenvalue weighted by atomic mass is 9.91. The lowest BCUT2D eigenvalue weighted by Gasteiger charge is -2.33. The Balaban J connectivity index is 1.49. The standard InChI is InChI=1S/C32H42N2O9/c1-20(2)31(36)41-19-40-29-26(38-4)14-15-33-27(29)30(35)34-25-18-39-17-23(16-22-10-6-5-7-11-22)28(21(3)42-32(25)37)43-24-12-8-9-13-24/h5-7,10-11,14-15,20-21,23-25,28H,8-9,12-13,16-19H2,1-4H3,(H,34,35). The average Bonchev–Trinajstić information content (AvgIpc) is 3.53. The molecule has 1 aliphatic carbocycles. The normalized spacial score (nSPS) is 23.0. The summed E-state index contributed by atoms with van der Waals surface area (Å²) in [6.45, 7) is 4.97. The number of ether oxygens (including phenoxy) is 6. The predicted octanol–water partition coefficient (Wildman–Crippen LogP) is 3.87. The SMILES string of the molecule is COc1ccnc(C(=O)NC2COCC(Cc3ccccc3)C(OC3CCCC3)C(C)OC2=O)c1OCOC(=O)C(C)C. The summed E-state index contributed by atoms with van der Waals surface area (Å²) in [6.07, 6.45) is 5.40. The fourth-order valence-electron chi connectivity index (χ4n) is 5.31. The van der Waals surface area contributed by atoms with E-state index in [1.54, 1.807) is 13.8 Å². The van der Waals surface area contributed by atoms with Crippen molar-refractivity contribution in [2.24, 2.45) is 11.8 Å². The van der Waals surface area contributed by atoms with Gasteiger partial charge >= 0.3 is 11.9 Å². The van der Waals surface area contributed by atoms with Gasteiger partial charge in [0.15, 0.2) is 23.2 Å². The molecule has 1 saturated heterocycles. The quantitative estimate of drug-likeness (QED) is 0.300. The first kappa shape index (κ1) is 32.2. The van der Waals surface area contributed by atoms with E-state index in [1.807, 2.05) is 25.1 Å². The van der Waals surface area contributed by atoms with Crippen LogP contribution in [-0.4, -0.2) is 74.3 Å². The van der Waals surface area contributed by atoms with Gasteiger partial charge in [0, 0.05) is 18.2 Å². The van der Waals surface area contributed by atoms with E-state index in [1.165, 1.54) is 19.4 Å². The Bertz CT molecular complexity index is 1220. The van der Waals surface area contributed by atoms with Crippen LogP contribution in [0.15, 0.2) is 42.6 Å². The van der Waals surface area contributed by atoms with E-state index in [0.717, 1.165) is 31.2 Å². The molecule has 11 heteroatoms. The molecule has 1 amide bonds. The van der Waals surface area contributed by atoms with Crippen LogP contribution in [0.25, 0.3) is 0 Å². The zero-order chi connectivity index (χ0) is 30.8. The maximum Gasteiger partial charge on any atom is 0.331 e. The summed E-state index contributed by atoms with van der Waals surface area (Å²) in [5, 5.41) is 2.68. The molecule has 4 atom stereocenters. The highest BCUT2D eigenvalue weighted by atomic mass is 16.7. The van der Waals surface area contributed by atoms with Gasteiger partial charge in [-0.05, 0) is 31.7 Å². The number of carbonyl (C=O) groups excluding carboxylic acids is 3. The molecular formula is C32H42N2O9. The lowest BCUT2D eigenvalue weighted by Crippen LogP contribution is -2.47. The van der Waals surface area contributed by atoms with Gasteiger partial charge in [-0.2, -0.15) is 0 Å². The first-order valence-corrected chi connectivity index (χ1v) is 14.9. The number of methoxy groups -OCH3 is 1. The van der Waals surface area contributed by atoms with Crippen LogP contribution in [0.4, 0.5) is 0 Å². The van der Waals surface area contributed by atoms with Crippen molar-refractivity contribution >= 4 is 17.8 Å². The second-order valence-electron chi connectivity index (χ2n) is 11.2. The maximum absolute atomic E-state index is 13.4. The van der Waals surface area contributed by atoms with Gasteiger partial charge in [0.05, 0.1) is 38.4 Å². The molecule has 234 valence electrons. The Morgan fingerprint density at radius 2 is 1.84 bits per heavy atom. The average molecular weight is 599 g/mol. The molecule has 0 radical (unpaired) electrons. The van der Waals surface area contributed by atoms with Crippen molar-refractivity contribution in [1.82, 2.24) is 10.3 Å². The molecule has 1 saturated carbocycles. The van der Waals surface area contributed by atoms with Gasteiger partial charge in [0.1, 0.15) is 6.10 Å². The van der Waals surface area contributed by atoms with Crippen LogP contribution in [0, 0.1) is 11.8 Å². The first-order chi connectivity index (χ1) is 20.8. The predicted molar refractivity (Wildman–Crippen MR) is 156 cm³/mol. The minimum atomic E-state index is -1.11. The van der Waals surface area contributed by atoms with Gasteiger partial charge in [-0.3, -0.25) is 9.59 Å². The minimum absolute atomic E-state index is 0.0299. The molecule has 1 aliphatic heterocycles. The number of esters is 2. The van der Waals surface area contributed by atoms with Gasteiger partial charge in [-0.25, -0.2) is 9.78 Å². The van der Waals surface area contributed by atoms with Crippen LogP contribution in [0.3, 0.4) is 0 Å². The number of pyridine rings is 1. The number of nitrogens with zero attached hydrogens (tertiary/aromatic N) is 1. The molecule has 2 heterocycles. The third kappa shape index (κ3) is 8.90. The topological polar surface area (TPSA) is 132 Å². The lowest BCUT2D eigenvalue weighted by molar-refractivity contribution is -0.164. The Morgan fingerprint density at radius 3 is 2.53 bits per heavy atom. The zero-order valence-corrected chi connectivity index (χ0v) is 25.3. The fourth-order valence-corrected chi connectivity index (χ4v) is 5.31. The third-order valence-electron chi connectivity index (χ3n) is 7.61. The van der Waals surface area contributed by atoms with E-state index in [2.05, 4.69) is 22.4 Å². The number of nitrogens with one attached hydrogen (secondary N) is 1. The minimum Gasteiger partial charge on any atom is -0.493 e. The van der Waals surface area contributed by atoms with Gasteiger partial charge in [0.25, 0.3) is 5.91 Å². The summed E-state index contributed by atoms with van der Waals surface area (Å²) in [5.74, 6) is -2.06. The summed E-state index contributed by atoms with van der Waals surface area (Å²) in [7, 11) is 1.41. The third-order valence-corrected chi connectivity index (χ3v) is 7.61. The maximum atomic E-state index is 13.4. The zero-order valence-electron chi connectivity index (χ0n) is 25.3. The van der Waals surface area contributed by atoms with Crippen molar-refractivity contribution in [3.8, 4) is 11.5 Å². The molecule has 0 spiro atoms. The Morgan fingerprint density at radius 1 is 1.09 bits per heavy atom. The first-order valence-electron chi connectivity index (χ1n) is 14.9. The molecule has 1 aromatic heterocycles. The Kier molecular flexibility index (Phi) is 11.7. The molecule has 1 N–H and O–H groups in total. The number of cyclic esters (lactones) is 1. The van der Waals surface area contributed by atoms with Crippen LogP contribution in [0.1, 0.15) is 62.5 Å². The highest BCUT2D eigenvalue weighted by molar-refractivity contribution is 5.98. The molecule has 4 rings (SSSR count). The number of rotatable bonds is 11. The molecule has 4 unspecified atom stereocenters. The molecule has 11 nitrogen and oxygen atoms in total. The molecule has 43 heavy (non-hydrogen) atoms. The van der Waals surface area contributed by atoms with Crippen molar-refractivity contribution in [3.63, 3.8) is 0 Å². The van der Waals surface area contributed by atoms with E-state index in [4.69, 9.17) is 28.4 Å². The van der Waals surface area contributed by atoms with Gasteiger partial charge < -0.3 is 33.7 Å². The second-order valence-corrected chi connectivity index (χ2v) is 11.2. The smallest absolute Gasteiger partial charge is 0.331 e. The number of hydrogen-bond acceptors (Lipinski definition) is 10.